The van der Waals surface area contributed by atoms with Gasteiger partial charge in [0, 0.05) is 25.1 Å². The summed E-state index contributed by atoms with van der Waals surface area (Å²) in [5.41, 5.74) is 7.24. The zero-order valence-electron chi connectivity index (χ0n) is 13.0. The van der Waals surface area contributed by atoms with Crippen molar-refractivity contribution in [2.75, 3.05) is 13.1 Å². The number of benzene rings is 1. The minimum absolute atomic E-state index is 0.0761. The molecule has 1 aliphatic heterocycles. The molecule has 0 aliphatic carbocycles. The average molecular weight is 300 g/mol. The molecule has 0 aromatic heterocycles. The lowest BCUT2D eigenvalue weighted by atomic mass is 10.0. The monoisotopic (exact) mass is 300 g/mol. The molecular weight excluding hydrogens is 276 g/mol. The minimum Gasteiger partial charge on any atom is -0.370 e. The van der Waals surface area contributed by atoms with E-state index in [4.69, 9.17) is 5.73 Å². The Morgan fingerprint density at radius 2 is 1.91 bits per heavy atom. The summed E-state index contributed by atoms with van der Waals surface area (Å²) in [7, 11) is 0. The Morgan fingerprint density at radius 3 is 2.64 bits per heavy atom. The fraction of sp³-hybridized carbons (Fsp3) is 0.444. The summed E-state index contributed by atoms with van der Waals surface area (Å²) in [6.45, 7) is 1.57. The molecule has 2 N–H and O–H groups in total. The normalized spacial score (nSPS) is 14.8. The van der Waals surface area contributed by atoms with Crippen LogP contribution >= 0.6 is 0 Å². The Hall–Kier alpha value is -2.10. The molecule has 0 spiro atoms. The van der Waals surface area contributed by atoms with Gasteiger partial charge in [-0.25, -0.2) is 0 Å². The number of aryl methyl sites for hydroxylation is 1. The lowest BCUT2D eigenvalue weighted by Gasteiger charge is -2.27. The number of hydrogen-bond acceptors (Lipinski definition) is 2. The Balaban J connectivity index is 1.73. The topological polar surface area (TPSA) is 63.4 Å². The SMILES string of the molecule is NC(=O)CCC1=CCCN(CCCCc2ccccc2)C1=O. The third-order valence-electron chi connectivity index (χ3n) is 3.98. The third-order valence-corrected chi connectivity index (χ3v) is 3.98. The molecule has 0 atom stereocenters. The largest absolute Gasteiger partial charge is 0.370 e. The van der Waals surface area contributed by atoms with Gasteiger partial charge >= 0.3 is 0 Å². The van der Waals surface area contributed by atoms with Gasteiger partial charge in [-0.1, -0.05) is 36.4 Å². The molecule has 22 heavy (non-hydrogen) atoms. The highest BCUT2D eigenvalue weighted by Crippen LogP contribution is 2.17. The molecule has 1 aliphatic rings. The standard InChI is InChI=1S/C18H24N2O2/c19-17(21)12-11-16-10-6-14-20(18(16)22)13-5-4-9-15-7-2-1-3-8-15/h1-3,7-8,10H,4-6,9,11-14H2,(H2,19,21). The maximum absolute atomic E-state index is 12.3. The summed E-state index contributed by atoms with van der Waals surface area (Å²) < 4.78 is 0. The summed E-state index contributed by atoms with van der Waals surface area (Å²) in [5.74, 6) is -0.277. The van der Waals surface area contributed by atoms with Crippen LogP contribution in [-0.4, -0.2) is 29.8 Å². The Kier molecular flexibility index (Phi) is 6.19. The highest BCUT2D eigenvalue weighted by molar-refractivity contribution is 5.94. The van der Waals surface area contributed by atoms with Gasteiger partial charge < -0.3 is 10.6 Å². The van der Waals surface area contributed by atoms with Crippen molar-refractivity contribution in [3.63, 3.8) is 0 Å². The molecule has 0 bridgehead atoms. The van der Waals surface area contributed by atoms with E-state index in [9.17, 15) is 9.59 Å². The number of nitrogens with zero attached hydrogens (tertiary/aromatic N) is 1. The van der Waals surface area contributed by atoms with E-state index in [1.807, 2.05) is 17.0 Å². The predicted octanol–water partition coefficient (Wildman–Crippen LogP) is 2.43. The number of unbranched alkanes of at least 4 members (excludes halogenated alkanes) is 1. The first-order valence-corrected chi connectivity index (χ1v) is 7.97. The molecule has 0 radical (unpaired) electrons. The van der Waals surface area contributed by atoms with E-state index in [-0.39, 0.29) is 18.2 Å². The van der Waals surface area contributed by atoms with Crippen molar-refractivity contribution < 1.29 is 9.59 Å². The molecule has 0 saturated heterocycles. The van der Waals surface area contributed by atoms with E-state index < -0.39 is 0 Å². The summed E-state index contributed by atoms with van der Waals surface area (Å²) in [5, 5.41) is 0. The first kappa shape index (κ1) is 16.3. The molecular formula is C18H24N2O2. The molecule has 4 heteroatoms. The molecule has 0 fully saturated rings. The minimum atomic E-state index is -0.353. The maximum Gasteiger partial charge on any atom is 0.249 e. The van der Waals surface area contributed by atoms with E-state index in [1.165, 1.54) is 5.56 Å². The van der Waals surface area contributed by atoms with Crippen LogP contribution in [0, 0.1) is 0 Å². The molecule has 0 saturated carbocycles. The summed E-state index contributed by atoms with van der Waals surface area (Å²) in [6, 6.07) is 10.4. The molecule has 1 aromatic carbocycles. The predicted molar refractivity (Wildman–Crippen MR) is 87.1 cm³/mol. The van der Waals surface area contributed by atoms with Crippen molar-refractivity contribution in [2.45, 2.75) is 38.5 Å². The summed E-state index contributed by atoms with van der Waals surface area (Å²) in [4.78, 5) is 25.1. The number of rotatable bonds is 8. The fourth-order valence-corrected chi connectivity index (χ4v) is 2.74. The first-order chi connectivity index (χ1) is 10.7. The van der Waals surface area contributed by atoms with E-state index in [0.717, 1.165) is 44.3 Å². The van der Waals surface area contributed by atoms with Gasteiger partial charge in [0.05, 0.1) is 0 Å². The third kappa shape index (κ3) is 5.02. The second-order valence-corrected chi connectivity index (χ2v) is 5.72. The highest BCUT2D eigenvalue weighted by atomic mass is 16.2. The van der Waals surface area contributed by atoms with Crippen molar-refractivity contribution in [1.82, 2.24) is 4.90 Å². The Morgan fingerprint density at radius 1 is 1.14 bits per heavy atom. The number of hydrogen-bond donors (Lipinski definition) is 1. The van der Waals surface area contributed by atoms with Crippen molar-refractivity contribution in [1.29, 1.82) is 0 Å². The van der Waals surface area contributed by atoms with Gasteiger partial charge in [0.1, 0.15) is 0 Å². The van der Waals surface area contributed by atoms with E-state index in [2.05, 4.69) is 24.3 Å². The van der Waals surface area contributed by atoms with E-state index in [1.54, 1.807) is 0 Å². The Bertz CT molecular complexity index is 537. The van der Waals surface area contributed by atoms with E-state index in [0.29, 0.717) is 6.42 Å². The van der Waals surface area contributed by atoms with Crippen LogP contribution in [0.5, 0.6) is 0 Å². The van der Waals surface area contributed by atoms with Gasteiger partial charge in [0.2, 0.25) is 11.8 Å². The maximum atomic E-state index is 12.3. The zero-order chi connectivity index (χ0) is 15.8. The van der Waals surface area contributed by atoms with Crippen molar-refractivity contribution in [3.05, 3.63) is 47.5 Å². The number of amides is 2. The molecule has 2 amide bonds. The fourth-order valence-electron chi connectivity index (χ4n) is 2.74. The number of nitrogens with two attached hydrogens (primary N) is 1. The van der Waals surface area contributed by atoms with Crippen LogP contribution in [0.15, 0.2) is 42.0 Å². The van der Waals surface area contributed by atoms with Gasteiger partial charge in [-0.2, -0.15) is 0 Å². The zero-order valence-corrected chi connectivity index (χ0v) is 13.0. The van der Waals surface area contributed by atoms with Crippen molar-refractivity contribution in [2.24, 2.45) is 5.73 Å². The second-order valence-electron chi connectivity index (χ2n) is 5.72. The highest BCUT2D eigenvalue weighted by Gasteiger charge is 2.21. The van der Waals surface area contributed by atoms with Crippen LogP contribution in [0.3, 0.4) is 0 Å². The second kappa shape index (κ2) is 8.37. The van der Waals surface area contributed by atoms with Crippen LogP contribution in [-0.2, 0) is 16.0 Å². The van der Waals surface area contributed by atoms with E-state index >= 15 is 0 Å². The van der Waals surface area contributed by atoms with Gasteiger partial charge in [-0.05, 0) is 37.7 Å². The lowest BCUT2D eigenvalue weighted by molar-refractivity contribution is -0.128. The number of primary amides is 1. The van der Waals surface area contributed by atoms with Crippen LogP contribution in [0.2, 0.25) is 0 Å². The lowest BCUT2D eigenvalue weighted by Crippen LogP contribution is -2.36. The number of carbonyl (C=O) groups excluding carboxylic acids is 2. The quantitative estimate of drug-likeness (QED) is 0.749. The Labute approximate surface area is 132 Å². The van der Waals surface area contributed by atoms with Crippen LogP contribution in [0.25, 0.3) is 0 Å². The van der Waals surface area contributed by atoms with Crippen LogP contribution in [0.1, 0.15) is 37.7 Å². The smallest absolute Gasteiger partial charge is 0.249 e. The molecule has 1 heterocycles. The molecule has 0 unspecified atom stereocenters. The molecule has 1 aromatic rings. The number of carbonyl (C=O) groups is 2. The van der Waals surface area contributed by atoms with Gasteiger partial charge in [-0.3, -0.25) is 9.59 Å². The first-order valence-electron chi connectivity index (χ1n) is 7.97. The van der Waals surface area contributed by atoms with Crippen molar-refractivity contribution >= 4 is 11.8 Å². The van der Waals surface area contributed by atoms with Crippen molar-refractivity contribution in [3.8, 4) is 0 Å². The van der Waals surface area contributed by atoms with Gasteiger partial charge in [0.15, 0.2) is 0 Å². The van der Waals surface area contributed by atoms with Crippen LogP contribution in [0.4, 0.5) is 0 Å². The molecule has 2 rings (SSSR count). The van der Waals surface area contributed by atoms with Gasteiger partial charge in [0.25, 0.3) is 0 Å². The summed E-state index contributed by atoms with van der Waals surface area (Å²) >= 11 is 0. The molecule has 4 nitrogen and oxygen atoms in total. The van der Waals surface area contributed by atoms with Gasteiger partial charge in [-0.15, -0.1) is 0 Å². The summed E-state index contributed by atoms with van der Waals surface area (Å²) in [6.07, 6.45) is 6.67. The molecule has 118 valence electrons. The van der Waals surface area contributed by atoms with Crippen LogP contribution < -0.4 is 5.73 Å². The average Bonchev–Trinajstić information content (AvgIpc) is 2.52.